The second-order valence-corrected chi connectivity index (χ2v) is 6.74. The van der Waals surface area contributed by atoms with Gasteiger partial charge in [0.25, 0.3) is 0 Å². The highest BCUT2D eigenvalue weighted by atomic mass is 16.5. The Labute approximate surface area is 159 Å². The van der Waals surface area contributed by atoms with Gasteiger partial charge >= 0.3 is 0 Å². The number of likely N-dealkylation sites (tertiary alicyclic amines) is 1. The van der Waals surface area contributed by atoms with Crippen molar-refractivity contribution in [3.8, 4) is 5.75 Å². The van der Waals surface area contributed by atoms with Crippen molar-refractivity contribution in [2.24, 2.45) is 5.92 Å². The van der Waals surface area contributed by atoms with E-state index < -0.39 is 0 Å². The molecule has 0 bridgehead atoms. The van der Waals surface area contributed by atoms with Gasteiger partial charge in [-0.05, 0) is 36.1 Å². The van der Waals surface area contributed by atoms with Crippen LogP contribution in [0.15, 0.2) is 48.8 Å². The summed E-state index contributed by atoms with van der Waals surface area (Å²) in [6.07, 6.45) is 5.39. The minimum absolute atomic E-state index is 0.0213. The highest BCUT2D eigenvalue weighted by molar-refractivity contribution is 5.89. The van der Waals surface area contributed by atoms with E-state index in [-0.39, 0.29) is 24.2 Å². The summed E-state index contributed by atoms with van der Waals surface area (Å²) in [5.74, 6) is 0.571. The van der Waals surface area contributed by atoms with E-state index in [2.05, 4.69) is 10.3 Å². The minimum atomic E-state index is -0.277. The number of carbonyl (C=O) groups is 2. The standard InChI is InChI=1S/C21H25N3O3/c1-27-19-9-3-2-7-17(19)8-5-11-23-21(26)18-12-20(25)24(15-18)14-16-6-4-10-22-13-16/h2-4,6-7,9-10,13,18H,5,8,11-12,14-15H2,1H3,(H,23,26)/t18-/m1/s1. The predicted octanol–water partition coefficient (Wildman–Crippen LogP) is 2.19. The van der Waals surface area contributed by atoms with Crippen LogP contribution in [0.4, 0.5) is 0 Å². The number of rotatable bonds is 8. The Bertz CT molecular complexity index is 779. The highest BCUT2D eigenvalue weighted by Crippen LogP contribution is 2.21. The summed E-state index contributed by atoms with van der Waals surface area (Å²) >= 11 is 0. The Kier molecular flexibility index (Phi) is 6.41. The Morgan fingerprint density at radius 1 is 1.30 bits per heavy atom. The van der Waals surface area contributed by atoms with Crippen LogP contribution in [0.5, 0.6) is 5.75 Å². The van der Waals surface area contributed by atoms with Crippen molar-refractivity contribution in [1.29, 1.82) is 0 Å². The van der Waals surface area contributed by atoms with Crippen molar-refractivity contribution in [1.82, 2.24) is 15.2 Å². The van der Waals surface area contributed by atoms with Gasteiger partial charge in [-0.3, -0.25) is 14.6 Å². The van der Waals surface area contributed by atoms with Crippen molar-refractivity contribution >= 4 is 11.8 Å². The zero-order valence-electron chi connectivity index (χ0n) is 15.6. The number of para-hydroxylation sites is 1. The number of hydrogen-bond donors (Lipinski definition) is 1. The van der Waals surface area contributed by atoms with E-state index >= 15 is 0 Å². The van der Waals surface area contributed by atoms with Gasteiger partial charge in [0.15, 0.2) is 0 Å². The molecule has 1 fully saturated rings. The molecule has 0 spiro atoms. The molecule has 6 nitrogen and oxygen atoms in total. The Morgan fingerprint density at radius 2 is 2.15 bits per heavy atom. The number of methoxy groups -OCH3 is 1. The van der Waals surface area contributed by atoms with Crippen molar-refractivity contribution in [2.75, 3.05) is 20.2 Å². The molecule has 2 aromatic rings. The average Bonchev–Trinajstić information content (AvgIpc) is 3.06. The van der Waals surface area contributed by atoms with Crippen LogP contribution in [0.2, 0.25) is 0 Å². The number of amides is 2. The molecular weight excluding hydrogens is 342 g/mol. The van der Waals surface area contributed by atoms with Crippen LogP contribution in [0.3, 0.4) is 0 Å². The van der Waals surface area contributed by atoms with Crippen molar-refractivity contribution in [3.63, 3.8) is 0 Å². The van der Waals surface area contributed by atoms with E-state index in [0.717, 1.165) is 29.7 Å². The van der Waals surface area contributed by atoms with Crippen LogP contribution < -0.4 is 10.1 Å². The second kappa shape index (κ2) is 9.16. The van der Waals surface area contributed by atoms with E-state index in [1.54, 1.807) is 24.4 Å². The van der Waals surface area contributed by atoms with Crippen LogP contribution in [0.25, 0.3) is 0 Å². The van der Waals surface area contributed by atoms with Gasteiger partial charge in [0, 0.05) is 38.4 Å². The zero-order chi connectivity index (χ0) is 19.1. The van der Waals surface area contributed by atoms with Gasteiger partial charge in [-0.15, -0.1) is 0 Å². The molecular formula is C21H25N3O3. The summed E-state index contributed by atoms with van der Waals surface area (Å²) in [6.45, 7) is 1.56. The van der Waals surface area contributed by atoms with E-state index in [1.165, 1.54) is 0 Å². The Hall–Kier alpha value is -2.89. The first-order valence-corrected chi connectivity index (χ1v) is 9.23. The van der Waals surface area contributed by atoms with Gasteiger partial charge in [-0.1, -0.05) is 24.3 Å². The first-order valence-electron chi connectivity index (χ1n) is 9.23. The highest BCUT2D eigenvalue weighted by Gasteiger charge is 2.33. The molecule has 0 radical (unpaired) electrons. The normalized spacial score (nSPS) is 16.4. The van der Waals surface area contributed by atoms with Gasteiger partial charge in [0.1, 0.15) is 5.75 Å². The van der Waals surface area contributed by atoms with E-state index in [9.17, 15) is 9.59 Å². The third-order valence-corrected chi connectivity index (χ3v) is 4.80. The van der Waals surface area contributed by atoms with Crippen molar-refractivity contribution in [3.05, 3.63) is 59.9 Å². The van der Waals surface area contributed by atoms with E-state index in [1.807, 2.05) is 36.4 Å². The second-order valence-electron chi connectivity index (χ2n) is 6.74. The predicted molar refractivity (Wildman–Crippen MR) is 102 cm³/mol. The SMILES string of the molecule is COc1ccccc1CCCNC(=O)[C@@H]1CC(=O)N(Cc2cccnc2)C1. The van der Waals surface area contributed by atoms with Gasteiger partial charge in [-0.25, -0.2) is 0 Å². The lowest BCUT2D eigenvalue weighted by molar-refractivity contribution is -0.129. The number of carbonyl (C=O) groups excluding carboxylic acids is 2. The fourth-order valence-corrected chi connectivity index (χ4v) is 3.36. The van der Waals surface area contributed by atoms with Crippen LogP contribution in [-0.4, -0.2) is 41.9 Å². The summed E-state index contributed by atoms with van der Waals surface area (Å²) in [6, 6.07) is 11.7. The Balaban J connectivity index is 1.43. The molecule has 142 valence electrons. The first kappa shape index (κ1) is 18.9. The van der Waals surface area contributed by atoms with E-state index in [4.69, 9.17) is 4.74 Å². The molecule has 1 aliphatic heterocycles. The van der Waals surface area contributed by atoms with E-state index in [0.29, 0.717) is 19.6 Å². The lowest BCUT2D eigenvalue weighted by Gasteiger charge is -2.16. The molecule has 2 amide bonds. The van der Waals surface area contributed by atoms with Gasteiger partial charge in [-0.2, -0.15) is 0 Å². The van der Waals surface area contributed by atoms with Crippen LogP contribution in [-0.2, 0) is 22.6 Å². The molecule has 0 saturated carbocycles. The van der Waals surface area contributed by atoms with Crippen LogP contribution >= 0.6 is 0 Å². The smallest absolute Gasteiger partial charge is 0.225 e. The molecule has 0 aliphatic carbocycles. The molecule has 0 unspecified atom stereocenters. The number of nitrogens with one attached hydrogen (secondary N) is 1. The largest absolute Gasteiger partial charge is 0.496 e. The molecule has 2 heterocycles. The fourth-order valence-electron chi connectivity index (χ4n) is 3.36. The summed E-state index contributed by atoms with van der Waals surface area (Å²) < 4.78 is 5.34. The number of aryl methyl sites for hydroxylation is 1. The third kappa shape index (κ3) is 5.06. The summed E-state index contributed by atoms with van der Waals surface area (Å²) in [5.41, 5.74) is 2.11. The maximum atomic E-state index is 12.4. The zero-order valence-corrected chi connectivity index (χ0v) is 15.6. The third-order valence-electron chi connectivity index (χ3n) is 4.80. The van der Waals surface area contributed by atoms with Crippen molar-refractivity contribution < 1.29 is 14.3 Å². The maximum Gasteiger partial charge on any atom is 0.225 e. The lowest BCUT2D eigenvalue weighted by Crippen LogP contribution is -2.33. The number of benzene rings is 1. The number of nitrogens with zero attached hydrogens (tertiary/aromatic N) is 2. The lowest BCUT2D eigenvalue weighted by atomic mass is 10.1. The van der Waals surface area contributed by atoms with Crippen LogP contribution in [0.1, 0.15) is 24.0 Å². The molecule has 27 heavy (non-hydrogen) atoms. The summed E-state index contributed by atoms with van der Waals surface area (Å²) in [5, 5.41) is 2.97. The average molecular weight is 367 g/mol. The molecule has 1 aliphatic rings. The molecule has 1 atom stereocenters. The van der Waals surface area contributed by atoms with Gasteiger partial charge < -0.3 is 15.0 Å². The summed E-state index contributed by atoms with van der Waals surface area (Å²) in [7, 11) is 1.66. The molecule has 1 aromatic carbocycles. The molecule has 1 N–H and O–H groups in total. The quantitative estimate of drug-likeness (QED) is 0.726. The molecule has 3 rings (SSSR count). The maximum absolute atomic E-state index is 12.4. The number of pyridine rings is 1. The van der Waals surface area contributed by atoms with Gasteiger partial charge in [0.05, 0.1) is 13.0 Å². The molecule has 6 heteroatoms. The Morgan fingerprint density at radius 3 is 2.93 bits per heavy atom. The topological polar surface area (TPSA) is 71.5 Å². The minimum Gasteiger partial charge on any atom is -0.496 e. The molecule has 1 aromatic heterocycles. The number of hydrogen-bond acceptors (Lipinski definition) is 4. The summed E-state index contributed by atoms with van der Waals surface area (Å²) in [4.78, 5) is 30.4. The first-order chi connectivity index (χ1) is 13.2. The fraction of sp³-hybridized carbons (Fsp3) is 0.381. The monoisotopic (exact) mass is 367 g/mol. The number of ether oxygens (including phenoxy) is 1. The number of aromatic nitrogens is 1. The van der Waals surface area contributed by atoms with Gasteiger partial charge in [0.2, 0.25) is 11.8 Å². The molecule has 1 saturated heterocycles. The van der Waals surface area contributed by atoms with Crippen LogP contribution in [0, 0.1) is 5.92 Å². The van der Waals surface area contributed by atoms with Crippen molar-refractivity contribution in [2.45, 2.75) is 25.8 Å².